The first-order valence-corrected chi connectivity index (χ1v) is 6.53. The van der Waals surface area contributed by atoms with Crippen LogP contribution >= 0.6 is 45.2 Å². The Hall–Kier alpha value is 1.42. The average molecular weight is 366 g/mol. The molecule has 0 amide bonds. The number of rotatable bonds is 2. The summed E-state index contributed by atoms with van der Waals surface area (Å²) < 4.78 is 8.01. The van der Waals surface area contributed by atoms with Crippen LogP contribution in [0.3, 0.4) is 0 Å². The summed E-state index contributed by atoms with van der Waals surface area (Å²) in [4.78, 5) is 0. The molecular formula is C7H12I2O. The first-order chi connectivity index (χ1) is 4.72. The van der Waals surface area contributed by atoms with Gasteiger partial charge in [0, 0.05) is 8.86 Å². The van der Waals surface area contributed by atoms with Crippen molar-refractivity contribution < 1.29 is 4.74 Å². The van der Waals surface area contributed by atoms with Gasteiger partial charge in [0.2, 0.25) is 0 Å². The van der Waals surface area contributed by atoms with E-state index in [0.717, 1.165) is 21.4 Å². The van der Waals surface area contributed by atoms with E-state index in [2.05, 4.69) is 52.1 Å². The predicted molar refractivity (Wildman–Crippen MR) is 60.2 cm³/mol. The third-order valence-corrected chi connectivity index (χ3v) is 4.66. The van der Waals surface area contributed by atoms with Crippen molar-refractivity contribution in [1.82, 2.24) is 0 Å². The van der Waals surface area contributed by atoms with Gasteiger partial charge >= 0.3 is 0 Å². The largest absolute Gasteiger partial charge is 0.373 e. The summed E-state index contributed by atoms with van der Waals surface area (Å²) in [5, 5.41) is 0. The van der Waals surface area contributed by atoms with Gasteiger partial charge in [0.25, 0.3) is 0 Å². The fourth-order valence-corrected chi connectivity index (χ4v) is 3.93. The van der Waals surface area contributed by atoms with Gasteiger partial charge in [-0.3, -0.25) is 0 Å². The van der Waals surface area contributed by atoms with Crippen molar-refractivity contribution in [1.29, 1.82) is 0 Å². The molecule has 0 bridgehead atoms. The van der Waals surface area contributed by atoms with Crippen LogP contribution in [-0.4, -0.2) is 21.1 Å². The molecule has 1 nitrogen and oxygen atoms in total. The Kier molecular flexibility index (Phi) is 3.70. The Morgan fingerprint density at radius 1 is 1.50 bits per heavy atom. The molecule has 1 rings (SSSR count). The van der Waals surface area contributed by atoms with E-state index in [0.29, 0.717) is 0 Å². The van der Waals surface area contributed by atoms with E-state index >= 15 is 0 Å². The van der Waals surface area contributed by atoms with Crippen LogP contribution in [0.5, 0.6) is 0 Å². The summed E-state index contributed by atoms with van der Waals surface area (Å²) in [7, 11) is 0. The van der Waals surface area contributed by atoms with E-state index in [4.69, 9.17) is 4.74 Å². The topological polar surface area (TPSA) is 9.23 Å². The van der Waals surface area contributed by atoms with Gasteiger partial charge in [0.15, 0.2) is 0 Å². The van der Waals surface area contributed by atoms with Crippen molar-refractivity contribution in [3.05, 3.63) is 0 Å². The van der Waals surface area contributed by atoms with Crippen LogP contribution < -0.4 is 0 Å². The fourth-order valence-electron chi connectivity index (χ4n) is 1.29. The van der Waals surface area contributed by atoms with Crippen LogP contribution in [0.4, 0.5) is 0 Å². The Morgan fingerprint density at radius 3 is 2.30 bits per heavy atom. The Labute approximate surface area is 89.6 Å². The Morgan fingerprint density at radius 2 is 2.10 bits per heavy atom. The van der Waals surface area contributed by atoms with Gasteiger partial charge in [-0.05, 0) is 12.3 Å². The standard InChI is InChI=1S/C7H12I2O/c1-6-2-7(4-8,5-9)10-3-6/h6H,2-5H2,1H3. The highest BCUT2D eigenvalue weighted by Gasteiger charge is 2.36. The summed E-state index contributed by atoms with van der Waals surface area (Å²) in [6.45, 7) is 3.23. The third-order valence-electron chi connectivity index (χ3n) is 1.88. The maximum absolute atomic E-state index is 5.74. The summed E-state index contributed by atoms with van der Waals surface area (Å²) in [6, 6.07) is 0. The first-order valence-electron chi connectivity index (χ1n) is 3.48. The van der Waals surface area contributed by atoms with E-state index in [1.165, 1.54) is 6.42 Å². The number of hydrogen-bond donors (Lipinski definition) is 0. The summed E-state index contributed by atoms with van der Waals surface area (Å²) in [5.74, 6) is 0.768. The second kappa shape index (κ2) is 3.89. The van der Waals surface area contributed by atoms with Gasteiger partial charge < -0.3 is 4.74 Å². The molecule has 1 fully saturated rings. The highest BCUT2D eigenvalue weighted by atomic mass is 127. The van der Waals surface area contributed by atoms with Gasteiger partial charge in [-0.1, -0.05) is 52.1 Å². The number of alkyl halides is 2. The van der Waals surface area contributed by atoms with E-state index in [-0.39, 0.29) is 5.60 Å². The lowest BCUT2D eigenvalue weighted by Gasteiger charge is -2.22. The minimum absolute atomic E-state index is 0.223. The minimum Gasteiger partial charge on any atom is -0.373 e. The Balaban J connectivity index is 2.51. The number of hydrogen-bond acceptors (Lipinski definition) is 1. The van der Waals surface area contributed by atoms with E-state index in [1.54, 1.807) is 0 Å². The maximum atomic E-state index is 5.74. The molecule has 1 aliphatic rings. The second-order valence-corrected chi connectivity index (χ2v) is 4.60. The monoisotopic (exact) mass is 366 g/mol. The van der Waals surface area contributed by atoms with Crippen LogP contribution in [0.1, 0.15) is 13.3 Å². The van der Waals surface area contributed by atoms with Crippen molar-refractivity contribution in [2.75, 3.05) is 15.5 Å². The molecule has 1 aliphatic heterocycles. The van der Waals surface area contributed by atoms with Crippen molar-refractivity contribution in [2.45, 2.75) is 18.9 Å². The average Bonchev–Trinajstić information content (AvgIpc) is 2.33. The molecule has 0 saturated carbocycles. The third kappa shape index (κ3) is 1.97. The molecule has 1 saturated heterocycles. The highest BCUT2D eigenvalue weighted by Crippen LogP contribution is 2.33. The maximum Gasteiger partial charge on any atom is 0.0863 e. The van der Waals surface area contributed by atoms with Crippen LogP contribution in [0.15, 0.2) is 0 Å². The second-order valence-electron chi connectivity index (χ2n) is 3.07. The predicted octanol–water partition coefficient (Wildman–Crippen LogP) is 2.65. The van der Waals surface area contributed by atoms with Gasteiger partial charge in [-0.15, -0.1) is 0 Å². The summed E-state index contributed by atoms with van der Waals surface area (Å²) >= 11 is 4.85. The number of ether oxygens (including phenoxy) is 1. The molecule has 0 aromatic rings. The summed E-state index contributed by atoms with van der Waals surface area (Å²) in [6.07, 6.45) is 1.25. The lowest BCUT2D eigenvalue weighted by atomic mass is 10.00. The molecule has 1 atom stereocenters. The molecule has 60 valence electrons. The molecule has 0 N–H and O–H groups in total. The smallest absolute Gasteiger partial charge is 0.0863 e. The molecule has 0 aliphatic carbocycles. The molecule has 0 radical (unpaired) electrons. The molecule has 1 unspecified atom stereocenters. The molecule has 3 heteroatoms. The van der Waals surface area contributed by atoms with Gasteiger partial charge in [-0.2, -0.15) is 0 Å². The normalized spacial score (nSPS) is 30.9. The van der Waals surface area contributed by atoms with Crippen molar-refractivity contribution >= 4 is 45.2 Å². The van der Waals surface area contributed by atoms with E-state index in [1.807, 2.05) is 0 Å². The first kappa shape index (κ1) is 9.51. The van der Waals surface area contributed by atoms with Crippen molar-refractivity contribution in [2.24, 2.45) is 5.92 Å². The van der Waals surface area contributed by atoms with Gasteiger partial charge in [0.05, 0.1) is 12.2 Å². The molecule has 10 heavy (non-hydrogen) atoms. The lowest BCUT2D eigenvalue weighted by Crippen LogP contribution is -2.31. The van der Waals surface area contributed by atoms with Crippen LogP contribution in [0.2, 0.25) is 0 Å². The Bertz CT molecular complexity index is 112. The van der Waals surface area contributed by atoms with Crippen molar-refractivity contribution in [3.63, 3.8) is 0 Å². The lowest BCUT2D eigenvalue weighted by molar-refractivity contribution is 0.0481. The molecular weight excluding hydrogens is 354 g/mol. The van der Waals surface area contributed by atoms with E-state index < -0.39 is 0 Å². The zero-order valence-electron chi connectivity index (χ0n) is 6.07. The quantitative estimate of drug-likeness (QED) is 0.540. The molecule has 0 spiro atoms. The van der Waals surface area contributed by atoms with Crippen molar-refractivity contribution in [3.8, 4) is 0 Å². The zero-order chi connectivity index (χ0) is 7.61. The van der Waals surface area contributed by atoms with Gasteiger partial charge in [-0.25, -0.2) is 0 Å². The molecule has 0 aromatic heterocycles. The fraction of sp³-hybridized carbons (Fsp3) is 1.00. The van der Waals surface area contributed by atoms with Gasteiger partial charge in [0.1, 0.15) is 0 Å². The van der Waals surface area contributed by atoms with E-state index in [9.17, 15) is 0 Å². The zero-order valence-corrected chi connectivity index (χ0v) is 10.4. The van der Waals surface area contributed by atoms with Crippen LogP contribution in [-0.2, 0) is 4.74 Å². The summed E-state index contributed by atoms with van der Waals surface area (Å²) in [5.41, 5.74) is 0.223. The SMILES string of the molecule is CC1COC(CI)(CI)C1. The number of halogens is 2. The minimum atomic E-state index is 0.223. The van der Waals surface area contributed by atoms with Crippen LogP contribution in [0.25, 0.3) is 0 Å². The molecule has 1 heterocycles. The van der Waals surface area contributed by atoms with Crippen LogP contribution in [0, 0.1) is 5.92 Å². The molecule has 0 aromatic carbocycles. The highest BCUT2D eigenvalue weighted by molar-refractivity contribution is 14.1.